The van der Waals surface area contributed by atoms with Gasteiger partial charge in [0.15, 0.2) is 0 Å². The van der Waals surface area contributed by atoms with Gasteiger partial charge in [-0.05, 0) is 11.8 Å². The lowest BCUT2D eigenvalue weighted by molar-refractivity contribution is 0.144. The van der Waals surface area contributed by atoms with Crippen molar-refractivity contribution in [2.75, 3.05) is 19.9 Å². The molecule has 0 aliphatic heterocycles. The van der Waals surface area contributed by atoms with E-state index in [2.05, 4.69) is 0 Å². The second-order valence-corrected chi connectivity index (χ2v) is 5.90. The second kappa shape index (κ2) is 4.80. The maximum Gasteiger partial charge on any atom is 0.325 e. The molecule has 0 aromatic heterocycles. The molecule has 0 bridgehead atoms. The van der Waals surface area contributed by atoms with E-state index in [-0.39, 0.29) is 30.9 Å². The van der Waals surface area contributed by atoms with E-state index in [4.69, 9.17) is 22.4 Å². The zero-order valence-corrected chi connectivity index (χ0v) is 9.19. The highest BCUT2D eigenvalue weighted by atomic mass is 31.2. The van der Waals surface area contributed by atoms with Crippen molar-refractivity contribution in [1.82, 2.24) is 0 Å². The van der Waals surface area contributed by atoms with E-state index in [1.54, 1.807) is 0 Å². The normalized spacial score (nSPS) is 36.9. The van der Waals surface area contributed by atoms with E-state index in [9.17, 15) is 4.57 Å². The van der Waals surface area contributed by atoms with Gasteiger partial charge in [0.25, 0.3) is 0 Å². The SMILES string of the molecule is [B][C@H]1CC(CO)[C@@H](COP(C)(=O)O)C1. The fraction of sp³-hybridized carbons (Fsp3) is 1.00. The number of hydrogen-bond acceptors (Lipinski definition) is 3. The van der Waals surface area contributed by atoms with Crippen molar-refractivity contribution in [2.45, 2.75) is 18.7 Å². The van der Waals surface area contributed by atoms with Gasteiger partial charge in [-0.25, -0.2) is 0 Å². The highest BCUT2D eigenvalue weighted by Gasteiger charge is 2.32. The van der Waals surface area contributed by atoms with Crippen molar-refractivity contribution in [1.29, 1.82) is 0 Å². The van der Waals surface area contributed by atoms with Crippen LogP contribution in [0.1, 0.15) is 12.8 Å². The summed E-state index contributed by atoms with van der Waals surface area (Å²) >= 11 is 0. The lowest BCUT2D eigenvalue weighted by Crippen LogP contribution is -2.16. The van der Waals surface area contributed by atoms with Crippen LogP contribution in [0.5, 0.6) is 0 Å². The summed E-state index contributed by atoms with van der Waals surface area (Å²) in [6.07, 6.45) is 1.52. The number of aliphatic hydroxyl groups excluding tert-OH is 1. The Kier molecular flexibility index (Phi) is 4.20. The summed E-state index contributed by atoms with van der Waals surface area (Å²) in [5.41, 5.74) is 0. The van der Waals surface area contributed by atoms with Crippen LogP contribution in [-0.4, -0.2) is 37.7 Å². The van der Waals surface area contributed by atoms with Crippen molar-refractivity contribution in [2.24, 2.45) is 11.8 Å². The molecule has 80 valence electrons. The number of aliphatic hydroxyl groups is 1. The van der Waals surface area contributed by atoms with Gasteiger partial charge in [-0.1, -0.05) is 18.7 Å². The van der Waals surface area contributed by atoms with Crippen LogP contribution in [0.3, 0.4) is 0 Å². The van der Waals surface area contributed by atoms with E-state index in [1.165, 1.54) is 0 Å². The molecule has 1 aliphatic carbocycles. The Morgan fingerprint density at radius 2 is 2.07 bits per heavy atom. The largest absolute Gasteiger partial charge is 0.396 e. The molecular formula is C8H16BO4P. The van der Waals surface area contributed by atoms with E-state index in [1.807, 2.05) is 0 Å². The third-order valence-corrected chi connectivity index (χ3v) is 3.27. The Hall–Kier alpha value is 0.175. The maximum atomic E-state index is 10.9. The Balaban J connectivity index is 2.40. The minimum Gasteiger partial charge on any atom is -0.396 e. The Labute approximate surface area is 85.6 Å². The summed E-state index contributed by atoms with van der Waals surface area (Å²) in [5.74, 6) is 0.294. The molecule has 1 rings (SSSR count). The van der Waals surface area contributed by atoms with Gasteiger partial charge in [0, 0.05) is 13.3 Å². The molecule has 0 amide bonds. The van der Waals surface area contributed by atoms with Gasteiger partial charge < -0.3 is 14.5 Å². The fourth-order valence-corrected chi connectivity index (χ4v) is 2.39. The van der Waals surface area contributed by atoms with Crippen LogP contribution in [0.15, 0.2) is 0 Å². The quantitative estimate of drug-likeness (QED) is 0.540. The van der Waals surface area contributed by atoms with Gasteiger partial charge >= 0.3 is 7.60 Å². The molecule has 6 heteroatoms. The molecule has 0 heterocycles. The topological polar surface area (TPSA) is 66.8 Å². The van der Waals surface area contributed by atoms with E-state index >= 15 is 0 Å². The fourth-order valence-electron chi connectivity index (χ4n) is 1.92. The number of rotatable bonds is 4. The highest BCUT2D eigenvalue weighted by Crippen LogP contribution is 2.43. The van der Waals surface area contributed by atoms with Crippen LogP contribution in [0, 0.1) is 11.8 Å². The summed E-state index contributed by atoms with van der Waals surface area (Å²) in [6, 6.07) is 0. The lowest BCUT2D eigenvalue weighted by atomic mass is 9.85. The van der Waals surface area contributed by atoms with E-state index < -0.39 is 7.60 Å². The Bertz CT molecular complexity index is 229. The highest BCUT2D eigenvalue weighted by molar-refractivity contribution is 7.51. The van der Waals surface area contributed by atoms with Crippen LogP contribution in [0.2, 0.25) is 5.82 Å². The summed E-state index contributed by atoms with van der Waals surface area (Å²) in [4.78, 5) is 8.94. The van der Waals surface area contributed by atoms with Gasteiger partial charge in [0.05, 0.1) is 14.5 Å². The molecule has 1 aliphatic rings. The molecule has 4 atom stereocenters. The Morgan fingerprint density at radius 3 is 2.57 bits per heavy atom. The molecule has 0 spiro atoms. The second-order valence-electron chi connectivity index (χ2n) is 4.03. The molecule has 4 nitrogen and oxygen atoms in total. The van der Waals surface area contributed by atoms with Crippen LogP contribution in [0.25, 0.3) is 0 Å². The first-order valence-corrected chi connectivity index (χ1v) is 6.76. The first kappa shape index (κ1) is 12.2. The van der Waals surface area contributed by atoms with Gasteiger partial charge in [-0.2, -0.15) is 0 Å². The van der Waals surface area contributed by atoms with Crippen molar-refractivity contribution >= 4 is 15.4 Å². The molecule has 2 unspecified atom stereocenters. The molecule has 0 aromatic carbocycles. The monoisotopic (exact) mass is 218 g/mol. The molecule has 1 saturated carbocycles. The standard InChI is InChI=1S/C8H16BO4P/c1-14(11,12)13-5-7-3-8(9)2-6(7)4-10/h6-8,10H,2-5H2,1H3,(H,11,12)/t6?,7-,8+/m1/s1. The summed E-state index contributed by atoms with van der Waals surface area (Å²) in [6.45, 7) is 1.44. The summed E-state index contributed by atoms with van der Waals surface area (Å²) < 4.78 is 15.7. The average molecular weight is 218 g/mol. The molecule has 0 aromatic rings. The van der Waals surface area contributed by atoms with Gasteiger partial charge in [0.1, 0.15) is 0 Å². The van der Waals surface area contributed by atoms with Crippen molar-refractivity contribution in [3.8, 4) is 0 Å². The zero-order chi connectivity index (χ0) is 10.8. The Morgan fingerprint density at radius 1 is 1.50 bits per heavy atom. The summed E-state index contributed by atoms with van der Waals surface area (Å²) in [7, 11) is 2.33. The molecule has 2 radical (unpaired) electrons. The predicted octanol–water partition coefficient (Wildman–Crippen LogP) is 0.794. The molecule has 1 fully saturated rings. The predicted molar refractivity (Wildman–Crippen MR) is 54.5 cm³/mol. The van der Waals surface area contributed by atoms with Crippen molar-refractivity contribution in [3.63, 3.8) is 0 Å². The average Bonchev–Trinajstić information content (AvgIpc) is 2.41. The van der Waals surface area contributed by atoms with Gasteiger partial charge in [-0.15, -0.1) is 0 Å². The maximum absolute atomic E-state index is 10.9. The number of hydrogen-bond donors (Lipinski definition) is 2. The molecular weight excluding hydrogens is 202 g/mol. The third-order valence-electron chi connectivity index (χ3n) is 2.64. The van der Waals surface area contributed by atoms with Crippen LogP contribution in [-0.2, 0) is 9.09 Å². The minimum absolute atomic E-state index is 0.0706. The molecule has 0 saturated heterocycles. The lowest BCUT2D eigenvalue weighted by Gasteiger charge is -2.17. The van der Waals surface area contributed by atoms with Crippen LogP contribution in [0.4, 0.5) is 0 Å². The summed E-state index contributed by atoms with van der Waals surface area (Å²) in [5, 5.41) is 9.04. The van der Waals surface area contributed by atoms with Crippen molar-refractivity contribution < 1.29 is 19.1 Å². The minimum atomic E-state index is -3.40. The van der Waals surface area contributed by atoms with E-state index in [0.29, 0.717) is 0 Å². The smallest absolute Gasteiger partial charge is 0.325 e. The first-order valence-electron chi connectivity index (χ1n) is 4.73. The third kappa shape index (κ3) is 3.74. The first-order chi connectivity index (χ1) is 6.42. The molecule has 2 N–H and O–H groups in total. The van der Waals surface area contributed by atoms with Crippen LogP contribution >= 0.6 is 7.60 Å². The van der Waals surface area contributed by atoms with Gasteiger partial charge in [0.2, 0.25) is 0 Å². The molecule has 14 heavy (non-hydrogen) atoms. The van der Waals surface area contributed by atoms with Gasteiger partial charge in [-0.3, -0.25) is 4.57 Å². The van der Waals surface area contributed by atoms with Crippen molar-refractivity contribution in [3.05, 3.63) is 0 Å². The van der Waals surface area contributed by atoms with Crippen LogP contribution < -0.4 is 0 Å². The van der Waals surface area contributed by atoms with E-state index in [0.717, 1.165) is 19.5 Å². The zero-order valence-electron chi connectivity index (χ0n) is 8.30.